The predicted octanol–water partition coefficient (Wildman–Crippen LogP) is 2.72. The van der Waals surface area contributed by atoms with Crippen LogP contribution in [0.1, 0.15) is 41.0 Å². The third kappa shape index (κ3) is 3.52. The van der Waals surface area contributed by atoms with Crippen molar-refractivity contribution in [2.24, 2.45) is 5.92 Å². The molecular weight excluding hydrogens is 362 g/mol. The average Bonchev–Trinajstić information content (AvgIpc) is 2.86. The minimum atomic E-state index is -2.25. The van der Waals surface area contributed by atoms with Crippen molar-refractivity contribution < 1.29 is 27.8 Å². The summed E-state index contributed by atoms with van der Waals surface area (Å²) in [7, 11) is -2.25. The van der Waals surface area contributed by atoms with Gasteiger partial charge in [-0.3, -0.25) is 14.5 Å². The van der Waals surface area contributed by atoms with E-state index in [0.717, 1.165) is 0 Å². The predicted molar refractivity (Wildman–Crippen MR) is 93.3 cm³/mol. The minimum Gasteiger partial charge on any atom is -0.472 e. The first-order valence-electron chi connectivity index (χ1n) is 8.98. The summed E-state index contributed by atoms with van der Waals surface area (Å²) >= 11 is 0. The Bertz CT molecular complexity index is 606. The molecule has 0 saturated carbocycles. The van der Waals surface area contributed by atoms with E-state index in [1.807, 2.05) is 27.7 Å². The zero-order chi connectivity index (χ0) is 19.2. The summed E-state index contributed by atoms with van der Waals surface area (Å²) in [6.07, 6.45) is 0.506. The molecule has 7 nitrogen and oxygen atoms in total. The highest BCUT2D eigenvalue weighted by molar-refractivity contribution is 7.44. The number of allylic oxidation sites excluding steroid dienone is 1. The Labute approximate surface area is 154 Å². The van der Waals surface area contributed by atoms with Crippen molar-refractivity contribution in [3.8, 4) is 0 Å². The molecular formula is C17H26FN2O5P. The number of hydrogen-bond donors (Lipinski definition) is 0. The van der Waals surface area contributed by atoms with Crippen LogP contribution in [-0.2, 0) is 23.6 Å². The number of ether oxygens (including phenoxy) is 2. The number of hydrogen-bond acceptors (Lipinski definition) is 6. The summed E-state index contributed by atoms with van der Waals surface area (Å²) in [5.74, 6) is -1.10. The molecule has 9 heteroatoms. The molecule has 5 atom stereocenters. The molecule has 146 valence electrons. The van der Waals surface area contributed by atoms with E-state index in [2.05, 4.69) is 0 Å². The SMILES string of the molecule is CC1C(=O)C=C2O[C@@H]3C[C@@H](O[C@@H]3COP(F)N(C(C)C)C(C)C)N2C1=O. The summed E-state index contributed by atoms with van der Waals surface area (Å²) < 4.78 is 33.4. The van der Waals surface area contributed by atoms with E-state index in [-0.39, 0.29) is 42.4 Å². The summed E-state index contributed by atoms with van der Waals surface area (Å²) in [6.45, 7) is 9.31. The zero-order valence-corrected chi connectivity index (χ0v) is 16.6. The molecule has 2 saturated heterocycles. The maximum atomic E-state index is 14.6. The molecule has 2 bridgehead atoms. The largest absolute Gasteiger partial charge is 0.472 e. The van der Waals surface area contributed by atoms with Gasteiger partial charge in [0, 0.05) is 24.6 Å². The van der Waals surface area contributed by atoms with Crippen LogP contribution in [0, 0.1) is 5.92 Å². The van der Waals surface area contributed by atoms with Crippen molar-refractivity contribution >= 4 is 20.3 Å². The minimum absolute atomic E-state index is 0.0235. The van der Waals surface area contributed by atoms with Crippen molar-refractivity contribution in [3.05, 3.63) is 12.0 Å². The van der Waals surface area contributed by atoms with E-state index in [0.29, 0.717) is 6.42 Å². The number of amides is 1. The van der Waals surface area contributed by atoms with Gasteiger partial charge in [-0.25, -0.2) is 4.67 Å². The number of nitrogens with zero attached hydrogens (tertiary/aromatic N) is 2. The van der Waals surface area contributed by atoms with Crippen LogP contribution < -0.4 is 0 Å². The lowest BCUT2D eigenvalue weighted by atomic mass is 9.99. The van der Waals surface area contributed by atoms with Gasteiger partial charge in [0.05, 0.1) is 12.5 Å². The third-order valence-electron chi connectivity index (χ3n) is 4.86. The molecule has 0 radical (unpaired) electrons. The first-order valence-corrected chi connectivity index (χ1v) is 10.1. The summed E-state index contributed by atoms with van der Waals surface area (Å²) in [5, 5.41) is 0. The molecule has 3 aliphatic rings. The van der Waals surface area contributed by atoms with Crippen molar-refractivity contribution in [1.29, 1.82) is 0 Å². The van der Waals surface area contributed by atoms with Crippen LogP contribution in [0.2, 0.25) is 0 Å². The van der Waals surface area contributed by atoms with Crippen LogP contribution >= 0.6 is 8.61 Å². The molecule has 0 N–H and O–H groups in total. The topological polar surface area (TPSA) is 68.3 Å². The van der Waals surface area contributed by atoms with Crippen LogP contribution in [0.3, 0.4) is 0 Å². The molecule has 0 aromatic heterocycles. The highest BCUT2D eigenvalue weighted by atomic mass is 31.2. The fraction of sp³-hybridized carbons (Fsp3) is 0.765. The number of fused-ring (bicyclic) bond motifs is 4. The summed E-state index contributed by atoms with van der Waals surface area (Å²) in [6, 6.07) is 0.0469. The van der Waals surface area contributed by atoms with E-state index in [1.54, 1.807) is 11.6 Å². The highest BCUT2D eigenvalue weighted by Crippen LogP contribution is 2.47. The second-order valence-electron chi connectivity index (χ2n) is 7.43. The molecule has 0 spiro atoms. The fourth-order valence-corrected chi connectivity index (χ4v) is 4.71. The van der Waals surface area contributed by atoms with Gasteiger partial charge in [0.15, 0.2) is 5.78 Å². The van der Waals surface area contributed by atoms with Crippen LogP contribution in [0.15, 0.2) is 12.0 Å². The maximum absolute atomic E-state index is 14.6. The van der Waals surface area contributed by atoms with Gasteiger partial charge in [0.1, 0.15) is 18.4 Å². The number of carbonyl (C=O) groups is 2. The lowest BCUT2D eigenvalue weighted by molar-refractivity contribution is -0.154. The van der Waals surface area contributed by atoms with Crippen LogP contribution in [-0.4, -0.2) is 58.4 Å². The summed E-state index contributed by atoms with van der Waals surface area (Å²) in [5.41, 5.74) is 0. The van der Waals surface area contributed by atoms with Crippen molar-refractivity contribution in [2.75, 3.05) is 6.61 Å². The Morgan fingerprint density at radius 2 is 2.00 bits per heavy atom. The third-order valence-corrected chi connectivity index (χ3v) is 6.51. The molecule has 3 aliphatic heterocycles. The Hall–Kier alpha value is -1.08. The molecule has 0 aliphatic carbocycles. The number of halogens is 1. The van der Waals surface area contributed by atoms with E-state index < -0.39 is 26.9 Å². The van der Waals surface area contributed by atoms with E-state index in [1.165, 1.54) is 11.0 Å². The van der Waals surface area contributed by atoms with Gasteiger partial charge in [-0.2, -0.15) is 4.20 Å². The van der Waals surface area contributed by atoms with E-state index >= 15 is 0 Å². The zero-order valence-electron chi connectivity index (χ0n) is 15.7. The van der Waals surface area contributed by atoms with Crippen LogP contribution in [0.5, 0.6) is 0 Å². The molecule has 26 heavy (non-hydrogen) atoms. The normalized spacial score (nSPS) is 32.2. The molecule has 3 rings (SSSR count). The maximum Gasteiger partial charge on any atom is 0.304 e. The molecule has 0 aromatic rings. The van der Waals surface area contributed by atoms with Gasteiger partial charge < -0.3 is 14.0 Å². The van der Waals surface area contributed by atoms with Gasteiger partial charge >= 0.3 is 8.61 Å². The lowest BCUT2D eigenvalue weighted by Crippen LogP contribution is -2.50. The van der Waals surface area contributed by atoms with Gasteiger partial charge in [-0.05, 0) is 34.6 Å². The first-order chi connectivity index (χ1) is 12.2. The van der Waals surface area contributed by atoms with Gasteiger partial charge in [-0.15, -0.1) is 0 Å². The molecule has 1 amide bonds. The Morgan fingerprint density at radius 1 is 1.35 bits per heavy atom. The van der Waals surface area contributed by atoms with E-state index in [9.17, 15) is 13.8 Å². The highest BCUT2D eigenvalue weighted by Gasteiger charge is 2.51. The Morgan fingerprint density at radius 3 is 2.62 bits per heavy atom. The van der Waals surface area contributed by atoms with E-state index in [4.69, 9.17) is 14.0 Å². The van der Waals surface area contributed by atoms with Crippen LogP contribution in [0.4, 0.5) is 4.20 Å². The fourth-order valence-electron chi connectivity index (χ4n) is 3.58. The molecule has 0 aromatic carbocycles. The monoisotopic (exact) mass is 388 g/mol. The van der Waals surface area contributed by atoms with Crippen molar-refractivity contribution in [2.45, 2.75) is 71.6 Å². The summed E-state index contributed by atoms with van der Waals surface area (Å²) in [4.78, 5) is 25.6. The second-order valence-corrected chi connectivity index (χ2v) is 8.60. The number of rotatable bonds is 6. The molecule has 3 heterocycles. The number of carbonyl (C=O) groups excluding carboxylic acids is 2. The van der Waals surface area contributed by atoms with Gasteiger partial charge in [0.2, 0.25) is 11.8 Å². The van der Waals surface area contributed by atoms with Crippen molar-refractivity contribution in [1.82, 2.24) is 9.57 Å². The second kappa shape index (κ2) is 7.50. The van der Waals surface area contributed by atoms with Gasteiger partial charge in [-0.1, -0.05) is 0 Å². The molecule has 2 unspecified atom stereocenters. The van der Waals surface area contributed by atoms with Gasteiger partial charge in [0.25, 0.3) is 0 Å². The Kier molecular flexibility index (Phi) is 5.68. The van der Waals surface area contributed by atoms with Crippen LogP contribution in [0.25, 0.3) is 0 Å². The standard InChI is InChI=1S/C17H26FN2O5P/c1-9(2)20(10(3)4)26(18)23-8-14-13-7-16(25-14)19-15(24-13)6-12(21)11(5)17(19)22/h6,9-11,13-14,16H,7-8H2,1-5H3/t11?,13-,14-,16-,26?/m1/s1. The average molecular weight is 388 g/mol. The number of ketones is 1. The molecule has 2 fully saturated rings. The lowest BCUT2D eigenvalue weighted by Gasteiger charge is -2.37. The smallest absolute Gasteiger partial charge is 0.304 e. The first kappa shape index (κ1) is 19.7. The Balaban J connectivity index is 1.64. The quantitative estimate of drug-likeness (QED) is 0.515. The van der Waals surface area contributed by atoms with Crippen molar-refractivity contribution in [3.63, 3.8) is 0 Å².